The molecule has 0 aliphatic rings. The van der Waals surface area contributed by atoms with Gasteiger partial charge < -0.3 is 10.6 Å². The van der Waals surface area contributed by atoms with Crippen LogP contribution < -0.4 is 10.6 Å². The number of hydrogen-bond donors (Lipinski definition) is 2. The second kappa shape index (κ2) is 14.0. The summed E-state index contributed by atoms with van der Waals surface area (Å²) in [6.07, 6.45) is 1.59. The van der Waals surface area contributed by atoms with Crippen LogP contribution in [0.3, 0.4) is 0 Å². The van der Waals surface area contributed by atoms with Crippen molar-refractivity contribution < 1.29 is 8.42 Å². The maximum Gasteiger partial charge on any atom is 0.191 e. The molecule has 1 atom stereocenters. The van der Waals surface area contributed by atoms with E-state index in [1.165, 1.54) is 4.88 Å². The standard InChI is InChI=1S/C21H31N3O2S2.HI/c1-3-22-21(24-16-18(2)15-20-11-7-13-27-20)23-12-8-14-28(25,26)17-19-9-5-4-6-10-19;/h4-7,9-11,13,18H,3,8,12,14-17H2,1-2H3,(H2,22,23,24);1H. The first-order chi connectivity index (χ1) is 13.5. The Labute approximate surface area is 196 Å². The molecule has 0 aliphatic heterocycles. The zero-order valence-electron chi connectivity index (χ0n) is 17.1. The highest BCUT2D eigenvalue weighted by atomic mass is 127. The Morgan fingerprint density at radius 2 is 1.90 bits per heavy atom. The lowest BCUT2D eigenvalue weighted by Crippen LogP contribution is -2.38. The third kappa shape index (κ3) is 11.0. The van der Waals surface area contributed by atoms with Gasteiger partial charge in [0.05, 0.1) is 11.5 Å². The van der Waals surface area contributed by atoms with Crippen molar-refractivity contribution in [3.8, 4) is 0 Å². The molecule has 1 aromatic carbocycles. The quantitative estimate of drug-likeness (QED) is 0.192. The largest absolute Gasteiger partial charge is 0.357 e. The van der Waals surface area contributed by atoms with E-state index < -0.39 is 9.84 Å². The Bertz CT molecular complexity index is 810. The molecule has 29 heavy (non-hydrogen) atoms. The van der Waals surface area contributed by atoms with Gasteiger partial charge in [-0.2, -0.15) is 0 Å². The highest BCUT2D eigenvalue weighted by Crippen LogP contribution is 2.14. The normalized spacial score (nSPS) is 12.8. The van der Waals surface area contributed by atoms with Gasteiger partial charge in [0, 0.05) is 24.5 Å². The van der Waals surface area contributed by atoms with Crippen LogP contribution >= 0.6 is 35.3 Å². The Hall–Kier alpha value is -1.13. The Morgan fingerprint density at radius 3 is 2.55 bits per heavy atom. The number of rotatable bonds is 11. The SMILES string of the molecule is CCNC(=NCC(C)Cc1cccs1)NCCCS(=O)(=O)Cc1ccccc1.I. The Balaban J connectivity index is 0.00000420. The monoisotopic (exact) mass is 549 g/mol. The zero-order chi connectivity index (χ0) is 20.2. The van der Waals surface area contributed by atoms with Gasteiger partial charge in [-0.25, -0.2) is 8.42 Å². The zero-order valence-corrected chi connectivity index (χ0v) is 21.1. The van der Waals surface area contributed by atoms with Crippen LogP contribution in [0, 0.1) is 5.92 Å². The summed E-state index contributed by atoms with van der Waals surface area (Å²) in [5.74, 6) is 1.48. The number of nitrogens with one attached hydrogen (secondary N) is 2. The summed E-state index contributed by atoms with van der Waals surface area (Å²) in [5, 5.41) is 8.57. The van der Waals surface area contributed by atoms with Crippen LogP contribution in [0.15, 0.2) is 52.8 Å². The molecule has 0 fully saturated rings. The van der Waals surface area contributed by atoms with Crippen LogP contribution in [0.25, 0.3) is 0 Å². The minimum atomic E-state index is -3.10. The molecular formula is C21H32IN3O2S2. The molecule has 0 aliphatic carbocycles. The van der Waals surface area contributed by atoms with Crippen molar-refractivity contribution in [2.75, 3.05) is 25.4 Å². The number of sulfone groups is 1. The van der Waals surface area contributed by atoms with Gasteiger partial charge in [-0.3, -0.25) is 4.99 Å². The first-order valence-electron chi connectivity index (χ1n) is 9.77. The van der Waals surface area contributed by atoms with E-state index in [1.807, 2.05) is 37.3 Å². The molecule has 8 heteroatoms. The molecule has 1 aromatic heterocycles. The predicted molar refractivity (Wildman–Crippen MR) is 135 cm³/mol. The molecule has 0 spiro atoms. The summed E-state index contributed by atoms with van der Waals surface area (Å²) in [6.45, 7) is 6.32. The lowest BCUT2D eigenvalue weighted by Gasteiger charge is -2.13. The topological polar surface area (TPSA) is 70.6 Å². The predicted octanol–water partition coefficient (Wildman–Crippen LogP) is 4.10. The number of aliphatic imine (C=N–C) groups is 1. The highest BCUT2D eigenvalue weighted by Gasteiger charge is 2.12. The number of nitrogens with zero attached hydrogens (tertiary/aromatic N) is 1. The van der Waals surface area contributed by atoms with Gasteiger partial charge in [0.2, 0.25) is 0 Å². The van der Waals surface area contributed by atoms with Crippen molar-refractivity contribution in [1.82, 2.24) is 10.6 Å². The molecule has 0 saturated heterocycles. The van der Waals surface area contributed by atoms with Crippen molar-refractivity contribution in [3.05, 3.63) is 58.3 Å². The van der Waals surface area contributed by atoms with Gasteiger partial charge in [-0.1, -0.05) is 43.3 Å². The maximum absolute atomic E-state index is 12.3. The lowest BCUT2D eigenvalue weighted by molar-refractivity contribution is 0.589. The van der Waals surface area contributed by atoms with Crippen molar-refractivity contribution in [1.29, 1.82) is 0 Å². The summed E-state index contributed by atoms with van der Waals surface area (Å²) in [5.41, 5.74) is 0.838. The van der Waals surface area contributed by atoms with Crippen LogP contribution in [0.5, 0.6) is 0 Å². The van der Waals surface area contributed by atoms with E-state index in [0.717, 1.165) is 31.0 Å². The second-order valence-corrected chi connectivity index (χ2v) is 10.2. The van der Waals surface area contributed by atoms with Gasteiger partial charge >= 0.3 is 0 Å². The summed E-state index contributed by atoms with van der Waals surface area (Å²) >= 11 is 1.78. The van der Waals surface area contributed by atoms with Gasteiger partial charge in [0.25, 0.3) is 0 Å². The Kier molecular flexibility index (Phi) is 12.5. The number of thiophene rings is 1. The van der Waals surface area contributed by atoms with E-state index in [-0.39, 0.29) is 35.5 Å². The fraction of sp³-hybridized carbons (Fsp3) is 0.476. The number of guanidine groups is 1. The highest BCUT2D eigenvalue weighted by molar-refractivity contribution is 14.0. The maximum atomic E-state index is 12.3. The molecule has 2 aromatic rings. The van der Waals surface area contributed by atoms with E-state index in [4.69, 9.17) is 0 Å². The molecule has 0 radical (unpaired) electrons. The molecule has 1 unspecified atom stereocenters. The average molecular weight is 550 g/mol. The fourth-order valence-electron chi connectivity index (χ4n) is 2.82. The van der Waals surface area contributed by atoms with E-state index in [2.05, 4.69) is 40.1 Å². The number of halogens is 1. The van der Waals surface area contributed by atoms with Crippen LogP contribution in [-0.2, 0) is 22.0 Å². The van der Waals surface area contributed by atoms with Gasteiger partial charge in [0.15, 0.2) is 15.8 Å². The Morgan fingerprint density at radius 1 is 1.14 bits per heavy atom. The fourth-order valence-corrected chi connectivity index (χ4v) is 5.12. The molecule has 1 heterocycles. The molecular weight excluding hydrogens is 517 g/mol. The van der Waals surface area contributed by atoms with E-state index >= 15 is 0 Å². The average Bonchev–Trinajstić information content (AvgIpc) is 3.16. The minimum Gasteiger partial charge on any atom is -0.357 e. The van der Waals surface area contributed by atoms with Crippen LogP contribution in [-0.4, -0.2) is 39.8 Å². The van der Waals surface area contributed by atoms with Crippen molar-refractivity contribution >= 4 is 51.1 Å². The molecule has 162 valence electrons. The van der Waals surface area contributed by atoms with E-state index in [0.29, 0.717) is 18.9 Å². The molecule has 0 saturated carbocycles. The van der Waals surface area contributed by atoms with E-state index in [1.54, 1.807) is 11.3 Å². The summed E-state index contributed by atoms with van der Waals surface area (Å²) < 4.78 is 24.5. The van der Waals surface area contributed by atoms with Gasteiger partial charge in [-0.05, 0) is 42.7 Å². The van der Waals surface area contributed by atoms with Gasteiger partial charge in [0.1, 0.15) is 0 Å². The lowest BCUT2D eigenvalue weighted by atomic mass is 10.1. The first kappa shape index (κ1) is 25.9. The van der Waals surface area contributed by atoms with Crippen molar-refractivity contribution in [2.45, 2.75) is 32.4 Å². The molecule has 0 amide bonds. The second-order valence-electron chi connectivity index (χ2n) is 6.97. The van der Waals surface area contributed by atoms with Gasteiger partial charge in [-0.15, -0.1) is 35.3 Å². The van der Waals surface area contributed by atoms with Crippen molar-refractivity contribution in [3.63, 3.8) is 0 Å². The molecule has 2 rings (SSSR count). The minimum absolute atomic E-state index is 0. The van der Waals surface area contributed by atoms with Crippen LogP contribution in [0.1, 0.15) is 30.7 Å². The number of benzene rings is 1. The third-order valence-corrected chi connectivity index (χ3v) is 6.77. The summed E-state index contributed by atoms with van der Waals surface area (Å²) in [6, 6.07) is 13.6. The smallest absolute Gasteiger partial charge is 0.191 e. The molecule has 0 bridgehead atoms. The third-order valence-electron chi connectivity index (χ3n) is 4.19. The van der Waals surface area contributed by atoms with Crippen LogP contribution in [0.4, 0.5) is 0 Å². The van der Waals surface area contributed by atoms with Crippen LogP contribution in [0.2, 0.25) is 0 Å². The first-order valence-corrected chi connectivity index (χ1v) is 12.5. The summed E-state index contributed by atoms with van der Waals surface area (Å²) in [4.78, 5) is 6.02. The molecule has 5 nitrogen and oxygen atoms in total. The number of hydrogen-bond acceptors (Lipinski definition) is 4. The molecule has 2 N–H and O–H groups in total. The van der Waals surface area contributed by atoms with E-state index in [9.17, 15) is 8.42 Å². The summed E-state index contributed by atoms with van der Waals surface area (Å²) in [7, 11) is -3.10. The van der Waals surface area contributed by atoms with Crippen molar-refractivity contribution in [2.24, 2.45) is 10.9 Å².